The van der Waals surface area contributed by atoms with Gasteiger partial charge in [-0.25, -0.2) is 4.79 Å². The summed E-state index contributed by atoms with van der Waals surface area (Å²) >= 11 is 5.79. The van der Waals surface area contributed by atoms with E-state index in [9.17, 15) is 9.90 Å². The number of carbonyl (C=O) groups is 1. The molecule has 0 aliphatic heterocycles. The van der Waals surface area contributed by atoms with E-state index in [0.717, 1.165) is 5.56 Å². The summed E-state index contributed by atoms with van der Waals surface area (Å²) < 4.78 is 0. The molecule has 0 saturated heterocycles. The van der Waals surface area contributed by atoms with Crippen molar-refractivity contribution in [1.29, 1.82) is 0 Å². The molecule has 0 unspecified atom stereocenters. The number of hydrogen-bond acceptors (Lipinski definition) is 1. The lowest BCUT2D eigenvalue weighted by atomic mass is 10.2. The third-order valence-electron chi connectivity index (χ3n) is 2.55. The Hall–Kier alpha value is -2.00. The van der Waals surface area contributed by atoms with Crippen LogP contribution < -0.4 is 4.90 Å². The Morgan fingerprint density at radius 3 is 2.22 bits per heavy atom. The molecule has 0 radical (unpaired) electrons. The number of anilines is 1. The summed E-state index contributed by atoms with van der Waals surface area (Å²) in [6.07, 6.45) is -0.985. The van der Waals surface area contributed by atoms with E-state index in [0.29, 0.717) is 17.3 Å². The highest BCUT2D eigenvalue weighted by Crippen LogP contribution is 2.20. The standard InChI is InChI=1S/C14H12ClNO2/c15-12-6-8-13(9-7-12)16(14(17)18)10-11-4-2-1-3-5-11/h1-9H,10H2,(H,17,18). The maximum Gasteiger partial charge on any atom is 0.412 e. The number of amides is 1. The molecule has 1 N–H and O–H groups in total. The second-order valence-corrected chi connectivity index (χ2v) is 4.27. The summed E-state index contributed by atoms with van der Waals surface area (Å²) in [6.45, 7) is 0.317. The van der Waals surface area contributed by atoms with E-state index in [1.54, 1.807) is 24.3 Å². The molecule has 0 saturated carbocycles. The van der Waals surface area contributed by atoms with Gasteiger partial charge in [0.1, 0.15) is 0 Å². The molecule has 2 aromatic carbocycles. The molecule has 0 heterocycles. The predicted octanol–water partition coefficient (Wildman–Crippen LogP) is 4.02. The van der Waals surface area contributed by atoms with Crippen LogP contribution >= 0.6 is 11.6 Å². The van der Waals surface area contributed by atoms with Crippen molar-refractivity contribution in [2.24, 2.45) is 0 Å². The van der Waals surface area contributed by atoms with Crippen LogP contribution in [-0.2, 0) is 6.54 Å². The minimum absolute atomic E-state index is 0.317. The van der Waals surface area contributed by atoms with Crippen molar-refractivity contribution in [3.05, 3.63) is 65.2 Å². The lowest BCUT2D eigenvalue weighted by Gasteiger charge is -2.19. The first-order valence-electron chi connectivity index (χ1n) is 5.47. The molecule has 1 amide bonds. The number of rotatable bonds is 3. The van der Waals surface area contributed by atoms with Gasteiger partial charge in [0.05, 0.1) is 6.54 Å². The minimum Gasteiger partial charge on any atom is -0.465 e. The first-order chi connectivity index (χ1) is 8.66. The van der Waals surface area contributed by atoms with Gasteiger partial charge >= 0.3 is 6.09 Å². The molecule has 0 aliphatic rings. The van der Waals surface area contributed by atoms with Crippen LogP contribution in [0.25, 0.3) is 0 Å². The Balaban J connectivity index is 2.24. The van der Waals surface area contributed by atoms with Gasteiger partial charge in [-0.15, -0.1) is 0 Å². The highest BCUT2D eigenvalue weighted by molar-refractivity contribution is 6.30. The van der Waals surface area contributed by atoms with E-state index in [4.69, 9.17) is 11.6 Å². The van der Waals surface area contributed by atoms with Crippen molar-refractivity contribution in [1.82, 2.24) is 0 Å². The Morgan fingerprint density at radius 1 is 1.06 bits per heavy atom. The predicted molar refractivity (Wildman–Crippen MR) is 72.1 cm³/mol. The van der Waals surface area contributed by atoms with Crippen LogP contribution in [0.4, 0.5) is 10.5 Å². The third-order valence-corrected chi connectivity index (χ3v) is 2.80. The average Bonchev–Trinajstić information content (AvgIpc) is 2.38. The smallest absolute Gasteiger partial charge is 0.412 e. The molecular formula is C14H12ClNO2. The summed E-state index contributed by atoms with van der Waals surface area (Å²) in [7, 11) is 0. The van der Waals surface area contributed by atoms with Crippen LogP contribution in [-0.4, -0.2) is 11.2 Å². The largest absolute Gasteiger partial charge is 0.465 e. The van der Waals surface area contributed by atoms with E-state index in [-0.39, 0.29) is 0 Å². The Kier molecular flexibility index (Phi) is 3.85. The van der Waals surface area contributed by atoms with Crippen molar-refractivity contribution in [3.8, 4) is 0 Å². The quantitative estimate of drug-likeness (QED) is 0.906. The number of benzene rings is 2. The molecule has 0 atom stereocenters. The zero-order valence-electron chi connectivity index (χ0n) is 9.58. The molecule has 0 aliphatic carbocycles. The van der Waals surface area contributed by atoms with Crippen molar-refractivity contribution in [2.75, 3.05) is 4.90 Å². The maximum absolute atomic E-state index is 11.3. The molecule has 92 valence electrons. The van der Waals surface area contributed by atoms with Gasteiger partial charge in [-0.2, -0.15) is 0 Å². The third kappa shape index (κ3) is 3.02. The van der Waals surface area contributed by atoms with E-state index in [2.05, 4.69) is 0 Å². The summed E-state index contributed by atoms with van der Waals surface area (Å²) in [5.74, 6) is 0. The highest BCUT2D eigenvalue weighted by atomic mass is 35.5. The molecule has 18 heavy (non-hydrogen) atoms. The molecular weight excluding hydrogens is 250 g/mol. The lowest BCUT2D eigenvalue weighted by molar-refractivity contribution is 0.201. The van der Waals surface area contributed by atoms with Gasteiger partial charge in [-0.3, -0.25) is 4.90 Å². The molecule has 2 aromatic rings. The zero-order valence-corrected chi connectivity index (χ0v) is 10.3. The summed E-state index contributed by atoms with van der Waals surface area (Å²) in [4.78, 5) is 12.6. The van der Waals surface area contributed by atoms with Crippen LogP contribution in [0.5, 0.6) is 0 Å². The topological polar surface area (TPSA) is 40.5 Å². The van der Waals surface area contributed by atoms with Gasteiger partial charge in [-0.05, 0) is 29.8 Å². The maximum atomic E-state index is 11.3. The molecule has 0 spiro atoms. The van der Waals surface area contributed by atoms with Crippen LogP contribution in [0.2, 0.25) is 5.02 Å². The molecule has 2 rings (SSSR count). The Bertz CT molecular complexity index is 525. The lowest BCUT2D eigenvalue weighted by Crippen LogP contribution is -2.28. The van der Waals surface area contributed by atoms with Crippen LogP contribution in [0.1, 0.15) is 5.56 Å². The van der Waals surface area contributed by atoms with Gasteiger partial charge < -0.3 is 5.11 Å². The van der Waals surface area contributed by atoms with Gasteiger partial charge in [-0.1, -0.05) is 41.9 Å². The van der Waals surface area contributed by atoms with E-state index in [1.807, 2.05) is 30.3 Å². The molecule has 3 nitrogen and oxygen atoms in total. The van der Waals surface area contributed by atoms with Gasteiger partial charge in [0.2, 0.25) is 0 Å². The van der Waals surface area contributed by atoms with E-state index >= 15 is 0 Å². The van der Waals surface area contributed by atoms with Crippen LogP contribution in [0.3, 0.4) is 0 Å². The number of nitrogens with zero attached hydrogens (tertiary/aromatic N) is 1. The fourth-order valence-electron chi connectivity index (χ4n) is 1.66. The monoisotopic (exact) mass is 261 g/mol. The second kappa shape index (κ2) is 5.56. The summed E-state index contributed by atoms with van der Waals surface area (Å²) in [6, 6.07) is 16.2. The van der Waals surface area contributed by atoms with Gasteiger partial charge in [0.25, 0.3) is 0 Å². The van der Waals surface area contributed by atoms with Gasteiger partial charge in [0.15, 0.2) is 0 Å². The van der Waals surface area contributed by atoms with Crippen molar-refractivity contribution in [3.63, 3.8) is 0 Å². The first-order valence-corrected chi connectivity index (χ1v) is 5.84. The average molecular weight is 262 g/mol. The Labute approximate surface area is 110 Å². The van der Waals surface area contributed by atoms with Crippen molar-refractivity contribution in [2.45, 2.75) is 6.54 Å². The zero-order chi connectivity index (χ0) is 13.0. The number of carboxylic acid groups (broad SMARTS) is 1. The molecule has 0 fully saturated rings. The van der Waals surface area contributed by atoms with E-state index < -0.39 is 6.09 Å². The summed E-state index contributed by atoms with van der Waals surface area (Å²) in [5.41, 5.74) is 1.55. The first kappa shape index (κ1) is 12.5. The molecule has 0 aromatic heterocycles. The van der Waals surface area contributed by atoms with E-state index in [1.165, 1.54) is 4.90 Å². The van der Waals surface area contributed by atoms with Gasteiger partial charge in [0, 0.05) is 10.7 Å². The fourth-order valence-corrected chi connectivity index (χ4v) is 1.78. The highest BCUT2D eigenvalue weighted by Gasteiger charge is 2.14. The van der Waals surface area contributed by atoms with Crippen LogP contribution in [0.15, 0.2) is 54.6 Å². The Morgan fingerprint density at radius 2 is 1.67 bits per heavy atom. The number of halogens is 1. The molecule has 0 bridgehead atoms. The normalized spacial score (nSPS) is 10.1. The molecule has 4 heteroatoms. The van der Waals surface area contributed by atoms with Crippen LogP contribution in [0, 0.1) is 0 Å². The fraction of sp³-hybridized carbons (Fsp3) is 0.0714. The van der Waals surface area contributed by atoms with Crippen molar-refractivity contribution >= 4 is 23.4 Å². The van der Waals surface area contributed by atoms with Crippen molar-refractivity contribution < 1.29 is 9.90 Å². The second-order valence-electron chi connectivity index (χ2n) is 3.83. The summed E-state index contributed by atoms with van der Waals surface area (Å²) in [5, 5.41) is 9.84. The SMILES string of the molecule is O=C(O)N(Cc1ccccc1)c1ccc(Cl)cc1. The minimum atomic E-state index is -0.985. The number of hydrogen-bond donors (Lipinski definition) is 1.